The van der Waals surface area contributed by atoms with Crippen LogP contribution in [0, 0.1) is 18.3 Å². The summed E-state index contributed by atoms with van der Waals surface area (Å²) in [5.41, 5.74) is 0.604. The Labute approximate surface area is 129 Å². The minimum Gasteiger partial charge on any atom is -0.496 e. The Morgan fingerprint density at radius 2 is 1.86 bits per heavy atom. The number of carbonyl (C=O) groups is 2. The maximum Gasteiger partial charge on any atom is 0.179 e. The lowest BCUT2D eigenvalue weighted by Gasteiger charge is -2.27. The first-order valence-corrected chi connectivity index (χ1v) is 7.77. The molecule has 3 rings (SSSR count). The van der Waals surface area contributed by atoms with E-state index in [1.807, 2.05) is 6.92 Å². The molecule has 0 saturated heterocycles. The highest BCUT2D eigenvalue weighted by Gasteiger charge is 2.55. The summed E-state index contributed by atoms with van der Waals surface area (Å²) in [6.07, 6.45) is 4.06. The van der Waals surface area contributed by atoms with E-state index in [1.54, 1.807) is 20.1 Å². The van der Waals surface area contributed by atoms with Crippen LogP contribution in [0.3, 0.4) is 0 Å². The molecule has 1 aromatic rings. The zero-order valence-corrected chi connectivity index (χ0v) is 13.3. The van der Waals surface area contributed by atoms with E-state index in [0.29, 0.717) is 21.9 Å². The maximum atomic E-state index is 12.9. The molecule has 1 saturated carbocycles. The second kappa shape index (κ2) is 4.84. The predicted molar refractivity (Wildman–Crippen MR) is 81.5 cm³/mol. The van der Waals surface area contributed by atoms with Gasteiger partial charge in [0.1, 0.15) is 5.75 Å². The van der Waals surface area contributed by atoms with Gasteiger partial charge >= 0.3 is 0 Å². The number of ketones is 2. The van der Waals surface area contributed by atoms with Crippen LogP contribution in [0.4, 0.5) is 0 Å². The molecule has 0 N–H and O–H groups in total. The second-order valence-electron chi connectivity index (χ2n) is 6.28. The smallest absolute Gasteiger partial charge is 0.179 e. The number of hydrogen-bond acceptors (Lipinski definition) is 3. The third-order valence-corrected chi connectivity index (χ3v) is 5.74. The summed E-state index contributed by atoms with van der Waals surface area (Å²) in [5.74, 6) is 0.502. The molecule has 1 aromatic carbocycles. The molecule has 0 aliphatic heterocycles. The lowest BCUT2D eigenvalue weighted by molar-refractivity contribution is 0.0624. The van der Waals surface area contributed by atoms with E-state index < -0.39 is 5.41 Å². The second-order valence-corrected chi connectivity index (χ2v) is 6.66. The fourth-order valence-corrected chi connectivity index (χ4v) is 4.14. The van der Waals surface area contributed by atoms with Crippen LogP contribution in [0.2, 0.25) is 5.02 Å². The Morgan fingerprint density at radius 3 is 2.43 bits per heavy atom. The van der Waals surface area contributed by atoms with Gasteiger partial charge < -0.3 is 4.74 Å². The molecule has 112 valence electrons. The third-order valence-electron chi connectivity index (χ3n) is 5.27. The van der Waals surface area contributed by atoms with Gasteiger partial charge in [0, 0.05) is 16.7 Å². The topological polar surface area (TPSA) is 43.4 Å². The molecule has 1 unspecified atom stereocenters. The van der Waals surface area contributed by atoms with E-state index >= 15 is 0 Å². The van der Waals surface area contributed by atoms with Gasteiger partial charge in [-0.05, 0) is 38.7 Å². The average molecular weight is 307 g/mol. The van der Waals surface area contributed by atoms with E-state index in [1.165, 1.54) is 0 Å². The molecule has 0 bridgehead atoms. The molecule has 1 fully saturated rings. The molecule has 2 aliphatic carbocycles. The van der Waals surface area contributed by atoms with Crippen LogP contribution >= 0.6 is 11.6 Å². The van der Waals surface area contributed by atoms with Crippen molar-refractivity contribution in [3.8, 4) is 5.75 Å². The van der Waals surface area contributed by atoms with Crippen molar-refractivity contribution in [1.82, 2.24) is 0 Å². The van der Waals surface area contributed by atoms with Crippen molar-refractivity contribution in [3.05, 3.63) is 27.8 Å². The van der Waals surface area contributed by atoms with Crippen LogP contribution in [-0.4, -0.2) is 18.7 Å². The van der Waals surface area contributed by atoms with Crippen LogP contribution in [0.25, 0.3) is 0 Å². The SMILES string of the molecule is COc1cc2c(c(Cl)c1C)C(=O)C(C)(C1CCCC1)C2=O. The highest BCUT2D eigenvalue weighted by atomic mass is 35.5. The Kier molecular flexibility index (Phi) is 3.36. The van der Waals surface area contributed by atoms with E-state index in [0.717, 1.165) is 31.2 Å². The Morgan fingerprint density at radius 1 is 1.24 bits per heavy atom. The monoisotopic (exact) mass is 306 g/mol. The van der Waals surface area contributed by atoms with Crippen LogP contribution in [0.1, 0.15) is 58.9 Å². The third kappa shape index (κ3) is 1.80. The van der Waals surface area contributed by atoms with Gasteiger partial charge in [0.15, 0.2) is 11.6 Å². The van der Waals surface area contributed by atoms with E-state index in [-0.39, 0.29) is 17.5 Å². The molecule has 0 heterocycles. The van der Waals surface area contributed by atoms with Gasteiger partial charge in [-0.15, -0.1) is 0 Å². The summed E-state index contributed by atoms with van der Waals surface area (Å²) >= 11 is 6.36. The van der Waals surface area contributed by atoms with Crippen molar-refractivity contribution in [2.45, 2.75) is 39.5 Å². The molecule has 1 atom stereocenters. The van der Waals surface area contributed by atoms with Crippen LogP contribution in [0.15, 0.2) is 6.07 Å². The predicted octanol–water partition coefficient (Wildman–Crippen LogP) is 4.23. The van der Waals surface area contributed by atoms with Gasteiger partial charge in [-0.1, -0.05) is 24.4 Å². The summed E-state index contributed by atoms with van der Waals surface area (Å²) in [7, 11) is 1.54. The average Bonchev–Trinajstić information content (AvgIpc) is 3.07. The van der Waals surface area contributed by atoms with Gasteiger partial charge in [0.05, 0.1) is 17.5 Å². The molecule has 0 radical (unpaired) electrons. The number of fused-ring (bicyclic) bond motifs is 1. The van der Waals surface area contributed by atoms with Crippen molar-refractivity contribution in [3.63, 3.8) is 0 Å². The zero-order chi connectivity index (χ0) is 15.4. The summed E-state index contributed by atoms with van der Waals surface area (Å²) in [6.45, 7) is 3.61. The summed E-state index contributed by atoms with van der Waals surface area (Å²) < 4.78 is 5.28. The van der Waals surface area contributed by atoms with E-state index in [9.17, 15) is 9.59 Å². The van der Waals surface area contributed by atoms with Gasteiger partial charge in [-0.25, -0.2) is 0 Å². The maximum absolute atomic E-state index is 12.9. The van der Waals surface area contributed by atoms with Crippen molar-refractivity contribution < 1.29 is 14.3 Å². The number of halogens is 1. The zero-order valence-electron chi connectivity index (χ0n) is 12.6. The molecule has 2 aliphatic rings. The number of ether oxygens (including phenoxy) is 1. The highest BCUT2D eigenvalue weighted by molar-refractivity contribution is 6.40. The fourth-order valence-electron chi connectivity index (χ4n) is 3.85. The normalized spacial score (nSPS) is 25.5. The molecular weight excluding hydrogens is 288 g/mol. The molecule has 3 nitrogen and oxygen atoms in total. The van der Waals surface area contributed by atoms with Crippen molar-refractivity contribution in [2.75, 3.05) is 7.11 Å². The number of rotatable bonds is 2. The first-order chi connectivity index (χ1) is 9.92. The van der Waals surface area contributed by atoms with Crippen molar-refractivity contribution in [1.29, 1.82) is 0 Å². The molecule has 0 aromatic heterocycles. The van der Waals surface area contributed by atoms with Crippen molar-refractivity contribution >= 4 is 23.2 Å². The minimum atomic E-state index is -0.943. The number of carbonyl (C=O) groups excluding carboxylic acids is 2. The van der Waals surface area contributed by atoms with Gasteiger partial charge in [0.2, 0.25) is 0 Å². The van der Waals surface area contributed by atoms with Gasteiger partial charge in [-0.3, -0.25) is 9.59 Å². The molecule has 0 spiro atoms. The summed E-state index contributed by atoms with van der Waals surface area (Å²) in [4.78, 5) is 25.9. The standard InChI is InChI=1S/C17H19ClO3/c1-9-12(21-3)8-11-13(14(9)18)16(20)17(2,15(11)19)10-6-4-5-7-10/h8,10H,4-7H2,1-3H3. The Balaban J connectivity index is 2.19. The van der Waals surface area contributed by atoms with E-state index in [4.69, 9.17) is 16.3 Å². The lowest BCUT2D eigenvalue weighted by atomic mass is 9.72. The fraction of sp³-hybridized carbons (Fsp3) is 0.529. The first-order valence-electron chi connectivity index (χ1n) is 7.39. The summed E-state index contributed by atoms with van der Waals surface area (Å²) in [6, 6.07) is 1.68. The molecular formula is C17H19ClO3. The first kappa shape index (κ1) is 14.6. The molecule has 4 heteroatoms. The van der Waals surface area contributed by atoms with Gasteiger partial charge in [0.25, 0.3) is 0 Å². The quantitative estimate of drug-likeness (QED) is 0.768. The number of Topliss-reactive ketones (excluding diaryl/α,β-unsaturated/α-hetero) is 2. The largest absolute Gasteiger partial charge is 0.496 e. The molecule has 21 heavy (non-hydrogen) atoms. The van der Waals surface area contributed by atoms with E-state index in [2.05, 4.69) is 0 Å². The Bertz CT molecular complexity index is 644. The number of hydrogen-bond donors (Lipinski definition) is 0. The highest BCUT2D eigenvalue weighted by Crippen LogP contribution is 2.51. The Hall–Kier alpha value is -1.35. The van der Waals surface area contributed by atoms with Crippen LogP contribution in [0.5, 0.6) is 5.75 Å². The summed E-state index contributed by atoms with van der Waals surface area (Å²) in [5, 5.41) is 0.365. The molecule has 0 amide bonds. The van der Waals surface area contributed by atoms with Crippen molar-refractivity contribution in [2.24, 2.45) is 11.3 Å². The number of methoxy groups -OCH3 is 1. The van der Waals surface area contributed by atoms with Gasteiger partial charge in [-0.2, -0.15) is 0 Å². The lowest BCUT2D eigenvalue weighted by Crippen LogP contribution is -2.36. The van der Waals surface area contributed by atoms with Crippen LogP contribution < -0.4 is 4.74 Å². The van der Waals surface area contributed by atoms with Crippen LogP contribution in [-0.2, 0) is 0 Å². The number of benzene rings is 1. The minimum absolute atomic E-state index is 0.0883.